The van der Waals surface area contributed by atoms with Crippen LogP contribution in [0.3, 0.4) is 0 Å². The van der Waals surface area contributed by atoms with Crippen molar-refractivity contribution in [3.8, 4) is 5.75 Å². The molecule has 2 amide bonds. The number of benzene rings is 2. The lowest BCUT2D eigenvalue weighted by molar-refractivity contribution is -0.125. The topological polar surface area (TPSA) is 84.9 Å². The molecule has 0 radical (unpaired) electrons. The van der Waals surface area contributed by atoms with Crippen LogP contribution in [0.4, 0.5) is 4.39 Å². The molecule has 2 aromatic carbocycles. The minimum Gasteiger partial charge on any atom is -0.496 e. The molecule has 0 spiro atoms. The molecule has 2 aliphatic rings. The minimum atomic E-state index is -0.594. The molecule has 1 N–H and O–H groups in total. The Morgan fingerprint density at radius 2 is 1.79 bits per heavy atom. The van der Waals surface area contributed by atoms with E-state index >= 15 is 0 Å². The second-order valence-corrected chi connectivity index (χ2v) is 8.83. The van der Waals surface area contributed by atoms with E-state index in [2.05, 4.69) is 5.32 Å². The summed E-state index contributed by atoms with van der Waals surface area (Å²) < 4.78 is 23.4. The van der Waals surface area contributed by atoms with E-state index in [-0.39, 0.29) is 35.9 Å². The number of hydrogen-bond donors (Lipinski definition) is 1. The average Bonchev–Trinajstić information content (AvgIpc) is 3.26. The van der Waals surface area contributed by atoms with Crippen molar-refractivity contribution in [3.63, 3.8) is 0 Å². The van der Waals surface area contributed by atoms with Crippen LogP contribution in [0.5, 0.6) is 5.75 Å². The van der Waals surface area contributed by atoms with E-state index in [9.17, 15) is 18.8 Å². The van der Waals surface area contributed by atoms with Crippen molar-refractivity contribution < 1.29 is 28.2 Å². The van der Waals surface area contributed by atoms with Gasteiger partial charge in [-0.15, -0.1) is 0 Å². The number of esters is 1. The number of likely N-dealkylation sites (tertiary alicyclic amines) is 1. The van der Waals surface area contributed by atoms with Gasteiger partial charge in [-0.25, -0.2) is 9.18 Å². The Hall–Kier alpha value is -3.42. The Balaban J connectivity index is 1.52. The van der Waals surface area contributed by atoms with Crippen molar-refractivity contribution in [3.05, 3.63) is 65.0 Å². The normalized spacial score (nSPS) is 21.5. The molecule has 0 aromatic heterocycles. The molecule has 34 heavy (non-hydrogen) atoms. The Morgan fingerprint density at radius 1 is 1.06 bits per heavy atom. The number of methoxy groups -OCH3 is 2. The average molecular weight is 469 g/mol. The van der Waals surface area contributed by atoms with Gasteiger partial charge < -0.3 is 19.7 Å². The smallest absolute Gasteiger partial charge is 0.341 e. The van der Waals surface area contributed by atoms with Crippen LogP contribution in [-0.2, 0) is 16.1 Å². The number of amides is 2. The summed E-state index contributed by atoms with van der Waals surface area (Å²) in [6.45, 7) is 0.192. The number of halogens is 1. The van der Waals surface area contributed by atoms with Crippen LogP contribution in [-0.4, -0.2) is 49.0 Å². The third kappa shape index (κ3) is 4.76. The predicted octanol–water partition coefficient (Wildman–Crippen LogP) is 3.71. The fourth-order valence-corrected chi connectivity index (χ4v) is 5.17. The molecule has 1 aliphatic carbocycles. The van der Waals surface area contributed by atoms with Gasteiger partial charge in [0.05, 0.1) is 14.2 Å². The van der Waals surface area contributed by atoms with E-state index in [0.717, 1.165) is 25.7 Å². The molecule has 4 rings (SSSR count). The maximum atomic E-state index is 13.4. The van der Waals surface area contributed by atoms with Gasteiger partial charge in [0.25, 0.3) is 5.91 Å². The number of hydrogen-bond acceptors (Lipinski definition) is 5. The number of nitrogens with zero attached hydrogens (tertiary/aromatic N) is 1. The quantitative estimate of drug-likeness (QED) is 0.654. The first-order valence-electron chi connectivity index (χ1n) is 11.5. The van der Waals surface area contributed by atoms with Crippen molar-refractivity contribution in [2.45, 2.75) is 50.7 Å². The second-order valence-electron chi connectivity index (χ2n) is 8.83. The Bertz CT molecular complexity index is 1070. The van der Waals surface area contributed by atoms with Gasteiger partial charge in [-0.3, -0.25) is 9.59 Å². The van der Waals surface area contributed by atoms with Gasteiger partial charge in [0.2, 0.25) is 5.91 Å². The molecular weight excluding hydrogens is 439 g/mol. The second kappa shape index (κ2) is 10.2. The van der Waals surface area contributed by atoms with Crippen molar-refractivity contribution in [1.29, 1.82) is 0 Å². The lowest BCUT2D eigenvalue weighted by atomic mass is 9.84. The minimum absolute atomic E-state index is 0.00830. The molecular formula is C26H29FN2O5. The monoisotopic (exact) mass is 468 g/mol. The summed E-state index contributed by atoms with van der Waals surface area (Å²) >= 11 is 0. The number of nitrogens with one attached hydrogen (secondary N) is 1. The number of carbonyl (C=O) groups is 3. The summed E-state index contributed by atoms with van der Waals surface area (Å²) in [5, 5.41) is 2.93. The van der Waals surface area contributed by atoms with Gasteiger partial charge in [-0.05, 0) is 67.1 Å². The highest BCUT2D eigenvalue weighted by Crippen LogP contribution is 2.40. The van der Waals surface area contributed by atoms with Crippen LogP contribution < -0.4 is 10.1 Å². The van der Waals surface area contributed by atoms with E-state index < -0.39 is 17.8 Å². The van der Waals surface area contributed by atoms with E-state index in [1.165, 1.54) is 38.5 Å². The summed E-state index contributed by atoms with van der Waals surface area (Å²) in [7, 11) is 2.76. The third-order valence-corrected chi connectivity index (χ3v) is 6.85. The molecule has 2 fully saturated rings. The fourth-order valence-electron chi connectivity index (χ4n) is 5.17. The van der Waals surface area contributed by atoms with Crippen LogP contribution in [0, 0.1) is 11.7 Å². The highest BCUT2D eigenvalue weighted by molar-refractivity contribution is 5.98. The highest BCUT2D eigenvalue weighted by Gasteiger charge is 2.47. The SMILES string of the molecule is COC(=O)c1cc(CNC(=O)C2CC3CCCCC3N2C(=O)c2ccc(F)cc2)ccc1OC. The van der Waals surface area contributed by atoms with E-state index in [1.807, 2.05) is 0 Å². The maximum absolute atomic E-state index is 13.4. The summed E-state index contributed by atoms with van der Waals surface area (Å²) in [5.74, 6) is -0.750. The van der Waals surface area contributed by atoms with Gasteiger partial charge in [-0.1, -0.05) is 18.9 Å². The van der Waals surface area contributed by atoms with E-state index in [0.29, 0.717) is 23.3 Å². The lowest BCUT2D eigenvalue weighted by Crippen LogP contribution is -2.49. The van der Waals surface area contributed by atoms with Crippen LogP contribution in [0.15, 0.2) is 42.5 Å². The zero-order valence-electron chi connectivity index (χ0n) is 19.4. The Morgan fingerprint density at radius 3 is 2.50 bits per heavy atom. The molecule has 1 heterocycles. The molecule has 1 aliphatic heterocycles. The zero-order valence-corrected chi connectivity index (χ0v) is 19.4. The number of rotatable bonds is 6. The number of fused-ring (bicyclic) bond motifs is 1. The molecule has 3 unspecified atom stereocenters. The summed E-state index contributed by atoms with van der Waals surface area (Å²) in [6, 6.07) is 9.92. The molecule has 2 aromatic rings. The van der Waals surface area contributed by atoms with Crippen molar-refractivity contribution in [2.75, 3.05) is 14.2 Å². The first kappa shape index (κ1) is 23.7. The molecule has 8 heteroatoms. The van der Waals surface area contributed by atoms with Gasteiger partial charge in [-0.2, -0.15) is 0 Å². The lowest BCUT2D eigenvalue weighted by Gasteiger charge is -2.33. The standard InChI is InChI=1S/C26H29FN2O5/c1-33-23-12-7-16(13-20(23)26(32)34-2)15-28-24(30)22-14-18-5-3-4-6-21(18)29(22)25(31)17-8-10-19(27)11-9-17/h7-13,18,21-22H,3-6,14-15H2,1-2H3,(H,28,30). The molecule has 1 saturated carbocycles. The Kier molecular flexibility index (Phi) is 7.14. The summed E-state index contributed by atoms with van der Waals surface area (Å²) in [6.07, 6.45) is 4.57. The van der Waals surface area contributed by atoms with Crippen LogP contribution >= 0.6 is 0 Å². The number of carbonyl (C=O) groups excluding carboxylic acids is 3. The van der Waals surface area contributed by atoms with Gasteiger partial charge in [0, 0.05) is 18.2 Å². The summed E-state index contributed by atoms with van der Waals surface area (Å²) in [4.78, 5) is 40.4. The maximum Gasteiger partial charge on any atom is 0.341 e. The fraction of sp³-hybridized carbons (Fsp3) is 0.423. The molecule has 3 atom stereocenters. The summed E-state index contributed by atoms with van der Waals surface area (Å²) in [5.41, 5.74) is 1.36. The van der Waals surface area contributed by atoms with Crippen molar-refractivity contribution in [1.82, 2.24) is 10.2 Å². The van der Waals surface area contributed by atoms with Crippen LogP contribution in [0.2, 0.25) is 0 Å². The third-order valence-electron chi connectivity index (χ3n) is 6.85. The first-order chi connectivity index (χ1) is 16.4. The molecule has 0 bridgehead atoms. The van der Waals surface area contributed by atoms with Crippen molar-refractivity contribution in [2.24, 2.45) is 5.92 Å². The zero-order chi connectivity index (χ0) is 24.2. The molecule has 7 nitrogen and oxygen atoms in total. The molecule has 1 saturated heterocycles. The van der Waals surface area contributed by atoms with Crippen molar-refractivity contribution >= 4 is 17.8 Å². The van der Waals surface area contributed by atoms with Crippen LogP contribution in [0.25, 0.3) is 0 Å². The largest absolute Gasteiger partial charge is 0.496 e. The highest BCUT2D eigenvalue weighted by atomic mass is 19.1. The number of ether oxygens (including phenoxy) is 2. The van der Waals surface area contributed by atoms with E-state index in [4.69, 9.17) is 9.47 Å². The van der Waals surface area contributed by atoms with Gasteiger partial charge in [0.1, 0.15) is 23.2 Å². The Labute approximate surface area is 198 Å². The predicted molar refractivity (Wildman–Crippen MR) is 123 cm³/mol. The van der Waals surface area contributed by atoms with Gasteiger partial charge >= 0.3 is 5.97 Å². The molecule has 180 valence electrons. The van der Waals surface area contributed by atoms with E-state index in [1.54, 1.807) is 23.1 Å². The first-order valence-corrected chi connectivity index (χ1v) is 11.5. The van der Waals surface area contributed by atoms with Gasteiger partial charge in [0.15, 0.2) is 0 Å². The van der Waals surface area contributed by atoms with Crippen LogP contribution in [0.1, 0.15) is 58.4 Å².